The lowest BCUT2D eigenvalue weighted by Gasteiger charge is -2.16. The monoisotopic (exact) mass is 335 g/mol. The van der Waals surface area contributed by atoms with Crippen LogP contribution in [0, 0.1) is 6.92 Å². The predicted molar refractivity (Wildman–Crippen MR) is 97.0 cm³/mol. The summed E-state index contributed by atoms with van der Waals surface area (Å²) in [6.07, 6.45) is 6.60. The normalized spacial score (nSPS) is 15.5. The van der Waals surface area contributed by atoms with Gasteiger partial charge in [-0.15, -0.1) is 11.3 Å². The summed E-state index contributed by atoms with van der Waals surface area (Å²) in [6, 6.07) is 8.16. The Morgan fingerprint density at radius 2 is 2.08 bits per heavy atom. The molecular formula is C18H17N5S. The molecule has 0 aliphatic heterocycles. The number of nitrogens with zero attached hydrogens (tertiary/aromatic N) is 4. The largest absolute Gasteiger partial charge is 0.323 e. The number of hydrogen-bond acceptors (Lipinski definition) is 6. The molecule has 0 radical (unpaired) electrons. The number of rotatable bonds is 2. The summed E-state index contributed by atoms with van der Waals surface area (Å²) in [5.41, 5.74) is 6.00. The van der Waals surface area contributed by atoms with Crippen LogP contribution in [0.3, 0.4) is 0 Å². The first-order chi connectivity index (χ1) is 11.8. The summed E-state index contributed by atoms with van der Waals surface area (Å²) >= 11 is 1.64. The van der Waals surface area contributed by atoms with Crippen LogP contribution in [-0.2, 0) is 6.42 Å². The second-order valence-electron chi connectivity index (χ2n) is 5.81. The minimum atomic E-state index is 0.891. The van der Waals surface area contributed by atoms with Gasteiger partial charge in [-0.3, -0.25) is 4.98 Å². The SMILES string of the molecule is Cc1nc(-c2cccnc2)sc1-c1ccc2c(n1)C(=NN)CCC2. The van der Waals surface area contributed by atoms with Crippen molar-refractivity contribution in [1.82, 2.24) is 15.0 Å². The van der Waals surface area contributed by atoms with Crippen molar-refractivity contribution in [2.75, 3.05) is 0 Å². The van der Waals surface area contributed by atoms with Gasteiger partial charge in [0.05, 0.1) is 27.7 Å². The van der Waals surface area contributed by atoms with Crippen LogP contribution < -0.4 is 5.84 Å². The highest BCUT2D eigenvalue weighted by Gasteiger charge is 2.20. The minimum Gasteiger partial charge on any atom is -0.323 e. The zero-order chi connectivity index (χ0) is 16.5. The van der Waals surface area contributed by atoms with E-state index in [1.165, 1.54) is 5.56 Å². The highest BCUT2D eigenvalue weighted by atomic mass is 32.1. The average Bonchev–Trinajstić information content (AvgIpc) is 3.03. The fourth-order valence-electron chi connectivity index (χ4n) is 3.00. The van der Waals surface area contributed by atoms with Crippen LogP contribution in [-0.4, -0.2) is 20.7 Å². The molecule has 0 atom stereocenters. The fourth-order valence-corrected chi connectivity index (χ4v) is 4.03. The van der Waals surface area contributed by atoms with Crippen LogP contribution >= 0.6 is 11.3 Å². The molecule has 4 rings (SSSR count). The number of thiazole rings is 1. The van der Waals surface area contributed by atoms with Crippen molar-refractivity contribution in [3.8, 4) is 21.1 Å². The Bertz CT molecular complexity index is 914. The van der Waals surface area contributed by atoms with E-state index in [2.05, 4.69) is 22.2 Å². The van der Waals surface area contributed by atoms with Gasteiger partial charge in [0.2, 0.25) is 0 Å². The molecule has 6 heteroatoms. The van der Waals surface area contributed by atoms with Crippen molar-refractivity contribution < 1.29 is 0 Å². The van der Waals surface area contributed by atoms with E-state index in [0.717, 1.165) is 57.5 Å². The molecule has 0 saturated heterocycles. The molecule has 0 fully saturated rings. The quantitative estimate of drug-likeness (QED) is 0.573. The third-order valence-electron chi connectivity index (χ3n) is 4.21. The van der Waals surface area contributed by atoms with Crippen molar-refractivity contribution in [1.29, 1.82) is 0 Å². The van der Waals surface area contributed by atoms with Crippen LogP contribution in [0.2, 0.25) is 0 Å². The van der Waals surface area contributed by atoms with Gasteiger partial charge in [-0.25, -0.2) is 9.97 Å². The van der Waals surface area contributed by atoms with E-state index in [9.17, 15) is 0 Å². The van der Waals surface area contributed by atoms with Gasteiger partial charge < -0.3 is 5.84 Å². The smallest absolute Gasteiger partial charge is 0.125 e. The van der Waals surface area contributed by atoms with E-state index >= 15 is 0 Å². The number of aryl methyl sites for hydroxylation is 2. The second kappa shape index (κ2) is 6.13. The molecule has 0 bridgehead atoms. The summed E-state index contributed by atoms with van der Waals surface area (Å²) < 4.78 is 0. The number of hydrogen-bond donors (Lipinski definition) is 1. The van der Waals surface area contributed by atoms with Crippen molar-refractivity contribution in [3.05, 3.63) is 53.6 Å². The Hall–Kier alpha value is -2.60. The van der Waals surface area contributed by atoms with E-state index < -0.39 is 0 Å². The van der Waals surface area contributed by atoms with Gasteiger partial charge in [0.25, 0.3) is 0 Å². The third-order valence-corrected chi connectivity index (χ3v) is 5.43. The Morgan fingerprint density at radius 3 is 2.88 bits per heavy atom. The van der Waals surface area contributed by atoms with E-state index in [1.807, 2.05) is 25.3 Å². The molecule has 0 amide bonds. The zero-order valence-electron chi connectivity index (χ0n) is 13.4. The molecule has 2 N–H and O–H groups in total. The van der Waals surface area contributed by atoms with E-state index in [1.54, 1.807) is 17.5 Å². The highest BCUT2D eigenvalue weighted by molar-refractivity contribution is 7.18. The van der Waals surface area contributed by atoms with Gasteiger partial charge >= 0.3 is 0 Å². The topological polar surface area (TPSA) is 77.0 Å². The predicted octanol–water partition coefficient (Wildman–Crippen LogP) is 3.57. The number of nitrogens with two attached hydrogens (primary N) is 1. The molecular weight excluding hydrogens is 318 g/mol. The van der Waals surface area contributed by atoms with Gasteiger partial charge in [-0.05, 0) is 49.9 Å². The molecule has 120 valence electrons. The molecule has 0 aromatic carbocycles. The first-order valence-electron chi connectivity index (χ1n) is 7.91. The molecule has 0 spiro atoms. The Labute approximate surface area is 144 Å². The average molecular weight is 335 g/mol. The third kappa shape index (κ3) is 2.59. The Balaban J connectivity index is 1.79. The molecule has 1 aliphatic rings. The van der Waals surface area contributed by atoms with Gasteiger partial charge in [-0.2, -0.15) is 5.10 Å². The molecule has 0 saturated carbocycles. The summed E-state index contributed by atoms with van der Waals surface area (Å²) in [5, 5.41) is 4.89. The van der Waals surface area contributed by atoms with Crippen LogP contribution in [0.15, 0.2) is 41.8 Å². The molecule has 1 aliphatic carbocycles. The molecule has 3 aromatic heterocycles. The molecule has 5 nitrogen and oxygen atoms in total. The Kier molecular flexibility index (Phi) is 3.82. The number of aromatic nitrogens is 3. The van der Waals surface area contributed by atoms with Crippen molar-refractivity contribution >= 4 is 17.0 Å². The first kappa shape index (κ1) is 15.0. The lowest BCUT2D eigenvalue weighted by Crippen LogP contribution is -2.16. The summed E-state index contributed by atoms with van der Waals surface area (Å²) in [4.78, 5) is 14.8. The minimum absolute atomic E-state index is 0.891. The van der Waals surface area contributed by atoms with Crippen LogP contribution in [0.1, 0.15) is 29.8 Å². The van der Waals surface area contributed by atoms with Crippen molar-refractivity contribution in [3.63, 3.8) is 0 Å². The number of hydrazone groups is 1. The number of fused-ring (bicyclic) bond motifs is 1. The van der Waals surface area contributed by atoms with Gasteiger partial charge in [0.15, 0.2) is 0 Å². The van der Waals surface area contributed by atoms with E-state index in [0.29, 0.717) is 0 Å². The van der Waals surface area contributed by atoms with Gasteiger partial charge in [0, 0.05) is 18.0 Å². The van der Waals surface area contributed by atoms with Crippen LogP contribution in [0.4, 0.5) is 0 Å². The van der Waals surface area contributed by atoms with Gasteiger partial charge in [0.1, 0.15) is 5.01 Å². The van der Waals surface area contributed by atoms with Crippen molar-refractivity contribution in [2.45, 2.75) is 26.2 Å². The first-order valence-corrected chi connectivity index (χ1v) is 8.73. The van der Waals surface area contributed by atoms with Crippen LogP contribution in [0.25, 0.3) is 21.1 Å². The molecule has 0 unspecified atom stereocenters. The maximum absolute atomic E-state index is 5.55. The van der Waals surface area contributed by atoms with E-state index in [4.69, 9.17) is 15.8 Å². The fraction of sp³-hybridized carbons (Fsp3) is 0.222. The summed E-state index contributed by atoms with van der Waals surface area (Å²) in [5.74, 6) is 5.55. The van der Waals surface area contributed by atoms with Gasteiger partial charge in [-0.1, -0.05) is 6.07 Å². The number of pyridine rings is 2. The summed E-state index contributed by atoms with van der Waals surface area (Å²) in [7, 11) is 0. The van der Waals surface area contributed by atoms with Crippen molar-refractivity contribution in [2.24, 2.45) is 10.9 Å². The lowest BCUT2D eigenvalue weighted by atomic mass is 9.94. The zero-order valence-corrected chi connectivity index (χ0v) is 14.2. The van der Waals surface area contributed by atoms with Crippen LogP contribution in [0.5, 0.6) is 0 Å². The van der Waals surface area contributed by atoms with E-state index in [-0.39, 0.29) is 0 Å². The maximum Gasteiger partial charge on any atom is 0.125 e. The molecule has 24 heavy (non-hydrogen) atoms. The Morgan fingerprint density at radius 1 is 1.17 bits per heavy atom. The highest BCUT2D eigenvalue weighted by Crippen LogP contribution is 2.35. The molecule has 3 heterocycles. The second-order valence-corrected chi connectivity index (χ2v) is 6.81. The maximum atomic E-state index is 5.55. The standard InChI is InChI=1S/C18H17N5S/c1-11-17(24-18(21-11)13-5-3-9-20-10-13)15-8-7-12-4-2-6-14(23-19)16(12)22-15/h3,5,7-10H,2,4,6,19H2,1H3. The molecule has 3 aromatic rings. The lowest BCUT2D eigenvalue weighted by molar-refractivity contribution is 0.823. The summed E-state index contributed by atoms with van der Waals surface area (Å²) in [6.45, 7) is 2.02.